The number of nitrogens with one attached hydrogen (secondary N) is 1. The number of hydrogen-bond donors (Lipinski definition) is 1. The lowest BCUT2D eigenvalue weighted by atomic mass is 10.3. The van der Waals surface area contributed by atoms with Gasteiger partial charge in [-0.15, -0.1) is 0 Å². The molecule has 146 valence electrons. The molecule has 0 aliphatic heterocycles. The van der Waals surface area contributed by atoms with E-state index in [1.165, 1.54) is 24.3 Å². The number of non-ortho nitro benzene ring substituents is 1. The lowest BCUT2D eigenvalue weighted by molar-refractivity contribution is -0.384. The lowest BCUT2D eigenvalue weighted by Gasteiger charge is -2.06. The molecule has 0 saturated carbocycles. The van der Waals surface area contributed by atoms with Crippen LogP contribution in [-0.2, 0) is 19.7 Å². The molecule has 9 nitrogen and oxygen atoms in total. The highest BCUT2D eigenvalue weighted by molar-refractivity contribution is 6.32. The molecule has 28 heavy (non-hydrogen) atoms. The van der Waals surface area contributed by atoms with E-state index in [4.69, 9.17) is 20.8 Å². The number of halogens is 1. The largest absolute Gasteiger partial charge is 0.484 e. The van der Waals surface area contributed by atoms with Crippen LogP contribution in [0.25, 0.3) is 0 Å². The summed E-state index contributed by atoms with van der Waals surface area (Å²) in [4.78, 5) is 22.3. The van der Waals surface area contributed by atoms with E-state index >= 15 is 0 Å². The minimum absolute atomic E-state index is 0.0196. The fraction of sp³-hybridized carbons (Fsp3) is 0.222. The van der Waals surface area contributed by atoms with Crippen molar-refractivity contribution in [1.29, 1.82) is 0 Å². The molecule has 0 unspecified atom stereocenters. The molecule has 3 aromatic rings. The summed E-state index contributed by atoms with van der Waals surface area (Å²) in [6.07, 6.45) is 1.84. The van der Waals surface area contributed by atoms with Crippen molar-refractivity contribution in [3.8, 4) is 5.75 Å². The molecular weight excluding hydrogens is 388 g/mol. The Hall–Kier alpha value is -3.33. The van der Waals surface area contributed by atoms with E-state index in [-0.39, 0.29) is 41.3 Å². The second-order valence-electron chi connectivity index (χ2n) is 5.77. The monoisotopic (exact) mass is 404 g/mol. The molecule has 2 aromatic heterocycles. The molecular formula is C18H17ClN4O5. The second-order valence-corrected chi connectivity index (χ2v) is 6.18. The van der Waals surface area contributed by atoms with Crippen LogP contribution in [-0.4, -0.2) is 20.6 Å². The van der Waals surface area contributed by atoms with Crippen molar-refractivity contribution in [2.24, 2.45) is 0 Å². The molecule has 0 aliphatic rings. The summed E-state index contributed by atoms with van der Waals surface area (Å²) >= 11 is 5.98. The molecule has 1 N–H and O–H groups in total. The maximum absolute atomic E-state index is 12.2. The molecule has 3 rings (SSSR count). The predicted octanol–water partition coefficient (Wildman–Crippen LogP) is 3.57. The van der Waals surface area contributed by atoms with E-state index < -0.39 is 4.92 Å². The summed E-state index contributed by atoms with van der Waals surface area (Å²) < 4.78 is 12.7. The number of benzene rings is 1. The second kappa shape index (κ2) is 8.57. The third kappa shape index (κ3) is 4.68. The fourth-order valence-corrected chi connectivity index (χ4v) is 2.61. The maximum atomic E-state index is 12.2. The number of rotatable bonds is 8. The summed E-state index contributed by atoms with van der Waals surface area (Å²) in [5.41, 5.74) is 0.621. The molecule has 2 heterocycles. The Morgan fingerprint density at radius 1 is 1.36 bits per heavy atom. The van der Waals surface area contributed by atoms with E-state index in [0.29, 0.717) is 5.76 Å². The Balaban J connectivity index is 1.55. The van der Waals surface area contributed by atoms with Crippen LogP contribution < -0.4 is 10.1 Å². The summed E-state index contributed by atoms with van der Waals surface area (Å²) in [5.74, 6) is 0.463. The maximum Gasteiger partial charge on any atom is 0.287 e. The van der Waals surface area contributed by atoms with Gasteiger partial charge in [0.2, 0.25) is 0 Å². The van der Waals surface area contributed by atoms with Crippen molar-refractivity contribution >= 4 is 23.2 Å². The molecule has 1 amide bonds. The Bertz CT molecular complexity index is 998. The van der Waals surface area contributed by atoms with Gasteiger partial charge >= 0.3 is 0 Å². The molecule has 1 aromatic carbocycles. The van der Waals surface area contributed by atoms with Crippen LogP contribution in [0.4, 0.5) is 5.69 Å². The van der Waals surface area contributed by atoms with Gasteiger partial charge in [-0.1, -0.05) is 11.6 Å². The van der Waals surface area contributed by atoms with Gasteiger partial charge in [0.05, 0.1) is 22.2 Å². The van der Waals surface area contributed by atoms with Crippen molar-refractivity contribution in [1.82, 2.24) is 15.1 Å². The number of nitro benzene ring substituents is 1. The van der Waals surface area contributed by atoms with Crippen LogP contribution in [0.2, 0.25) is 5.02 Å². The SMILES string of the molecule is CCn1ccc(CNC(=O)c2ccc(COc3ccc([N+](=O)[O-])cc3Cl)o2)n1. The standard InChI is InChI=1S/C18H17ClN4O5/c1-2-22-8-7-12(21-22)10-20-18(24)17-6-4-14(28-17)11-27-16-5-3-13(23(25)26)9-15(16)19/h3-9H,2,10-11H2,1H3,(H,20,24). The van der Waals surface area contributed by atoms with Gasteiger partial charge in [0.1, 0.15) is 18.1 Å². The molecule has 0 bridgehead atoms. The molecule has 10 heteroatoms. The number of nitro groups is 1. The van der Waals surface area contributed by atoms with Crippen molar-refractivity contribution in [3.05, 3.63) is 74.9 Å². The first-order valence-electron chi connectivity index (χ1n) is 8.42. The number of aryl methyl sites for hydroxylation is 1. The van der Waals surface area contributed by atoms with E-state index in [2.05, 4.69) is 10.4 Å². The fourth-order valence-electron chi connectivity index (χ4n) is 2.38. The van der Waals surface area contributed by atoms with Gasteiger partial charge in [0.15, 0.2) is 5.76 Å². The zero-order valence-corrected chi connectivity index (χ0v) is 15.7. The van der Waals surface area contributed by atoms with Crippen LogP contribution in [0, 0.1) is 10.1 Å². The topological polar surface area (TPSA) is 112 Å². The Kier molecular flexibility index (Phi) is 5.95. The minimum atomic E-state index is -0.542. The van der Waals surface area contributed by atoms with Gasteiger partial charge < -0.3 is 14.5 Å². The first-order chi connectivity index (χ1) is 13.5. The average Bonchev–Trinajstić information content (AvgIpc) is 3.34. The third-order valence-electron chi connectivity index (χ3n) is 3.83. The van der Waals surface area contributed by atoms with Crippen LogP contribution >= 0.6 is 11.6 Å². The number of carbonyl (C=O) groups excluding carboxylic acids is 1. The highest BCUT2D eigenvalue weighted by Crippen LogP contribution is 2.29. The number of furan rings is 1. The van der Waals surface area contributed by atoms with Gasteiger partial charge in [-0.3, -0.25) is 19.6 Å². The van der Waals surface area contributed by atoms with E-state index in [9.17, 15) is 14.9 Å². The molecule has 0 fully saturated rings. The number of ether oxygens (including phenoxy) is 1. The zero-order chi connectivity index (χ0) is 20.1. The lowest BCUT2D eigenvalue weighted by Crippen LogP contribution is -2.22. The zero-order valence-electron chi connectivity index (χ0n) is 14.9. The predicted molar refractivity (Wildman–Crippen MR) is 100 cm³/mol. The van der Waals surface area contributed by atoms with Crippen molar-refractivity contribution in [2.45, 2.75) is 26.6 Å². The number of aromatic nitrogens is 2. The van der Waals surface area contributed by atoms with Crippen LogP contribution in [0.15, 0.2) is 47.0 Å². The summed E-state index contributed by atoms with van der Waals surface area (Å²) in [7, 11) is 0. The van der Waals surface area contributed by atoms with Crippen LogP contribution in [0.5, 0.6) is 5.75 Å². The van der Waals surface area contributed by atoms with Gasteiger partial charge in [0, 0.05) is 24.9 Å². The van der Waals surface area contributed by atoms with Crippen LogP contribution in [0.3, 0.4) is 0 Å². The van der Waals surface area contributed by atoms with Crippen molar-refractivity contribution < 1.29 is 18.9 Å². The summed E-state index contributed by atoms with van der Waals surface area (Å²) in [6, 6.07) is 8.89. The highest BCUT2D eigenvalue weighted by atomic mass is 35.5. The summed E-state index contributed by atoms with van der Waals surface area (Å²) in [6.45, 7) is 3.04. The minimum Gasteiger partial charge on any atom is -0.484 e. The number of nitrogens with zero attached hydrogens (tertiary/aromatic N) is 3. The van der Waals surface area contributed by atoms with Gasteiger partial charge in [-0.2, -0.15) is 5.10 Å². The van der Waals surface area contributed by atoms with Gasteiger partial charge in [0.25, 0.3) is 11.6 Å². The number of hydrogen-bond acceptors (Lipinski definition) is 6. The first-order valence-corrected chi connectivity index (χ1v) is 8.80. The molecule has 0 spiro atoms. The Morgan fingerprint density at radius 2 is 2.18 bits per heavy atom. The summed E-state index contributed by atoms with van der Waals surface area (Å²) in [5, 5.41) is 17.9. The van der Waals surface area contributed by atoms with Crippen LogP contribution in [0.1, 0.15) is 28.9 Å². The normalized spacial score (nSPS) is 10.6. The van der Waals surface area contributed by atoms with Crippen molar-refractivity contribution in [2.75, 3.05) is 0 Å². The first kappa shape index (κ1) is 19.4. The average molecular weight is 405 g/mol. The van der Waals surface area contributed by atoms with Gasteiger partial charge in [-0.25, -0.2) is 0 Å². The van der Waals surface area contributed by atoms with Crippen molar-refractivity contribution in [3.63, 3.8) is 0 Å². The van der Waals surface area contributed by atoms with E-state index in [1.54, 1.807) is 10.7 Å². The van der Waals surface area contributed by atoms with E-state index in [0.717, 1.165) is 12.2 Å². The molecule has 0 saturated heterocycles. The van der Waals surface area contributed by atoms with E-state index in [1.807, 2.05) is 19.2 Å². The molecule has 0 aliphatic carbocycles. The Labute approximate surface area is 165 Å². The van der Waals surface area contributed by atoms with Gasteiger partial charge in [-0.05, 0) is 31.2 Å². The number of amides is 1. The quantitative estimate of drug-likeness (QED) is 0.453. The molecule has 0 atom stereocenters. The Morgan fingerprint density at radius 3 is 2.86 bits per heavy atom. The highest BCUT2D eigenvalue weighted by Gasteiger charge is 2.14. The smallest absolute Gasteiger partial charge is 0.287 e. The third-order valence-corrected chi connectivity index (χ3v) is 4.13. The number of carbonyl (C=O) groups is 1. The molecule has 0 radical (unpaired) electrons.